The molecule has 0 saturated heterocycles. The maximum atomic E-state index is 11.8. The van der Waals surface area contributed by atoms with E-state index in [1.54, 1.807) is 19.0 Å². The van der Waals surface area contributed by atoms with Gasteiger partial charge in [-0.2, -0.15) is 0 Å². The number of nitrogens with zero attached hydrogens (tertiary/aromatic N) is 1. The lowest BCUT2D eigenvalue weighted by molar-refractivity contribution is 0.0827. The molecule has 0 aliphatic rings. The predicted octanol–water partition coefficient (Wildman–Crippen LogP) is 4.64. The molecule has 112 valence electrons. The number of aryl methyl sites for hydroxylation is 1. The molecule has 0 fully saturated rings. The van der Waals surface area contributed by atoms with E-state index in [1.807, 2.05) is 38.1 Å². The van der Waals surface area contributed by atoms with Crippen LogP contribution in [0.5, 0.6) is 0 Å². The van der Waals surface area contributed by atoms with Crippen molar-refractivity contribution in [2.45, 2.75) is 27.2 Å². The molecular weight excluding hydrogens is 258 g/mol. The number of benzene rings is 2. The van der Waals surface area contributed by atoms with Gasteiger partial charge >= 0.3 is 0 Å². The Kier molecular flexibility index (Phi) is 6.67. The van der Waals surface area contributed by atoms with Gasteiger partial charge in [0.2, 0.25) is 0 Å². The van der Waals surface area contributed by atoms with Gasteiger partial charge in [0.05, 0.1) is 0 Å². The maximum absolute atomic E-state index is 11.8. The zero-order chi connectivity index (χ0) is 15.8. The molecule has 2 aromatic carbocycles. The van der Waals surface area contributed by atoms with Crippen LogP contribution in [0.2, 0.25) is 0 Å². The molecule has 0 aromatic heterocycles. The van der Waals surface area contributed by atoms with E-state index in [0.29, 0.717) is 0 Å². The normalized spacial score (nSPS) is 9.57. The molecule has 0 aliphatic carbocycles. The molecule has 2 heteroatoms. The molecule has 0 bridgehead atoms. The van der Waals surface area contributed by atoms with Gasteiger partial charge in [0.25, 0.3) is 5.91 Å². The Morgan fingerprint density at radius 2 is 1.57 bits per heavy atom. The third-order valence-electron chi connectivity index (χ3n) is 3.21. The Hall–Kier alpha value is -2.09. The average molecular weight is 283 g/mol. The monoisotopic (exact) mass is 283 g/mol. The van der Waals surface area contributed by atoms with E-state index in [4.69, 9.17) is 0 Å². The van der Waals surface area contributed by atoms with Crippen LogP contribution in [-0.4, -0.2) is 24.9 Å². The first-order valence-electron chi connectivity index (χ1n) is 7.53. The summed E-state index contributed by atoms with van der Waals surface area (Å²) in [4.78, 5) is 13.4. The van der Waals surface area contributed by atoms with Crippen LogP contribution in [0.4, 0.5) is 0 Å². The summed E-state index contributed by atoms with van der Waals surface area (Å²) in [6.45, 7) is 6.15. The Bertz CT molecular complexity index is 570. The lowest BCUT2D eigenvalue weighted by Crippen LogP contribution is -2.21. The summed E-state index contributed by atoms with van der Waals surface area (Å²) in [5.41, 5.74) is 4.39. The van der Waals surface area contributed by atoms with Gasteiger partial charge in [0.15, 0.2) is 0 Å². The number of rotatable bonds is 3. The van der Waals surface area contributed by atoms with Gasteiger partial charge < -0.3 is 4.90 Å². The Morgan fingerprint density at radius 3 is 2.10 bits per heavy atom. The fourth-order valence-electron chi connectivity index (χ4n) is 2.03. The number of hydrogen-bond acceptors (Lipinski definition) is 1. The summed E-state index contributed by atoms with van der Waals surface area (Å²) >= 11 is 0. The zero-order valence-electron chi connectivity index (χ0n) is 13.7. The van der Waals surface area contributed by atoms with E-state index in [0.717, 1.165) is 17.5 Å². The first-order chi connectivity index (χ1) is 10.1. The minimum Gasteiger partial charge on any atom is -0.345 e. The molecule has 0 saturated carbocycles. The van der Waals surface area contributed by atoms with Gasteiger partial charge in [-0.15, -0.1) is 0 Å². The van der Waals surface area contributed by atoms with Crippen LogP contribution in [0.1, 0.15) is 36.7 Å². The first-order valence-corrected chi connectivity index (χ1v) is 7.53. The number of carbonyl (C=O) groups is 1. The summed E-state index contributed by atoms with van der Waals surface area (Å²) in [5.74, 6) is 0.0360. The molecule has 2 nitrogen and oxygen atoms in total. The van der Waals surface area contributed by atoms with Gasteiger partial charge in [0, 0.05) is 19.7 Å². The van der Waals surface area contributed by atoms with Crippen LogP contribution in [0.25, 0.3) is 11.1 Å². The summed E-state index contributed by atoms with van der Waals surface area (Å²) < 4.78 is 0. The second-order valence-corrected chi connectivity index (χ2v) is 4.83. The molecule has 0 N–H and O–H groups in total. The van der Waals surface area contributed by atoms with Crippen molar-refractivity contribution in [2.75, 3.05) is 14.1 Å². The van der Waals surface area contributed by atoms with Crippen molar-refractivity contribution >= 4 is 5.91 Å². The fourth-order valence-corrected chi connectivity index (χ4v) is 2.03. The summed E-state index contributed by atoms with van der Waals surface area (Å²) in [5, 5.41) is 0. The van der Waals surface area contributed by atoms with Crippen molar-refractivity contribution in [1.82, 2.24) is 4.90 Å². The van der Waals surface area contributed by atoms with Gasteiger partial charge in [-0.1, -0.05) is 57.2 Å². The van der Waals surface area contributed by atoms with E-state index < -0.39 is 0 Å². The van der Waals surface area contributed by atoms with Gasteiger partial charge in [-0.25, -0.2) is 0 Å². The Morgan fingerprint density at radius 1 is 0.952 bits per heavy atom. The van der Waals surface area contributed by atoms with Crippen molar-refractivity contribution in [3.05, 3.63) is 59.7 Å². The molecule has 0 unspecified atom stereocenters. The highest BCUT2D eigenvalue weighted by atomic mass is 16.2. The maximum Gasteiger partial charge on any atom is 0.253 e. The summed E-state index contributed by atoms with van der Waals surface area (Å²) in [7, 11) is 3.53. The summed E-state index contributed by atoms with van der Waals surface area (Å²) in [6, 6.07) is 16.3. The fraction of sp³-hybridized carbons (Fsp3) is 0.316. The third kappa shape index (κ3) is 4.45. The highest BCUT2D eigenvalue weighted by molar-refractivity contribution is 5.94. The van der Waals surface area contributed by atoms with Crippen LogP contribution in [0.3, 0.4) is 0 Å². The van der Waals surface area contributed by atoms with Crippen molar-refractivity contribution in [3.8, 4) is 11.1 Å². The number of hydrogen-bond donors (Lipinski definition) is 0. The molecule has 21 heavy (non-hydrogen) atoms. The largest absolute Gasteiger partial charge is 0.345 e. The smallest absolute Gasteiger partial charge is 0.253 e. The van der Waals surface area contributed by atoms with Crippen LogP contribution < -0.4 is 0 Å². The van der Waals surface area contributed by atoms with E-state index in [9.17, 15) is 4.79 Å². The number of carbonyl (C=O) groups excluding carboxylic acids is 1. The molecule has 1 amide bonds. The zero-order valence-corrected chi connectivity index (χ0v) is 13.7. The van der Waals surface area contributed by atoms with Crippen molar-refractivity contribution in [3.63, 3.8) is 0 Å². The Labute approximate surface area is 128 Å². The minimum absolute atomic E-state index is 0.0360. The van der Waals surface area contributed by atoms with Crippen LogP contribution in [0.15, 0.2) is 48.5 Å². The quantitative estimate of drug-likeness (QED) is 0.803. The highest BCUT2D eigenvalue weighted by Gasteiger charge is 2.07. The van der Waals surface area contributed by atoms with E-state index in [-0.39, 0.29) is 5.91 Å². The molecule has 0 radical (unpaired) electrons. The van der Waals surface area contributed by atoms with Gasteiger partial charge in [0.1, 0.15) is 0 Å². The standard InChI is InChI=1S/C17H19NO.C2H6/c1-4-13-6-5-7-16(12-13)14-8-10-15(11-9-14)17(19)18(2)3;1-2/h5-12H,4H2,1-3H3;1-2H3. The van der Waals surface area contributed by atoms with Crippen molar-refractivity contribution < 1.29 is 4.79 Å². The van der Waals surface area contributed by atoms with Crippen molar-refractivity contribution in [1.29, 1.82) is 0 Å². The average Bonchev–Trinajstić information content (AvgIpc) is 2.56. The first kappa shape index (κ1) is 17.0. The van der Waals surface area contributed by atoms with Crippen LogP contribution in [-0.2, 0) is 6.42 Å². The molecule has 0 heterocycles. The minimum atomic E-state index is 0.0360. The van der Waals surface area contributed by atoms with Crippen LogP contribution >= 0.6 is 0 Å². The van der Waals surface area contributed by atoms with Gasteiger partial charge in [-0.05, 0) is 35.2 Å². The molecule has 0 atom stereocenters. The molecule has 0 spiro atoms. The Balaban J connectivity index is 0.00000106. The third-order valence-corrected chi connectivity index (χ3v) is 3.21. The van der Waals surface area contributed by atoms with Crippen LogP contribution in [0, 0.1) is 0 Å². The molecule has 2 rings (SSSR count). The van der Waals surface area contributed by atoms with Gasteiger partial charge in [-0.3, -0.25) is 4.79 Å². The van der Waals surface area contributed by atoms with E-state index in [2.05, 4.69) is 31.2 Å². The topological polar surface area (TPSA) is 20.3 Å². The van der Waals surface area contributed by atoms with E-state index >= 15 is 0 Å². The lowest BCUT2D eigenvalue weighted by atomic mass is 10.0. The summed E-state index contributed by atoms with van der Waals surface area (Å²) in [6.07, 6.45) is 1.03. The lowest BCUT2D eigenvalue weighted by Gasteiger charge is -2.10. The second-order valence-electron chi connectivity index (χ2n) is 4.83. The van der Waals surface area contributed by atoms with E-state index in [1.165, 1.54) is 11.1 Å². The SMILES string of the molecule is CC.CCc1cccc(-c2ccc(C(=O)N(C)C)cc2)c1. The number of amides is 1. The second kappa shape index (κ2) is 8.25. The molecular formula is C19H25NO. The molecule has 0 aliphatic heterocycles. The van der Waals surface area contributed by atoms with Crippen molar-refractivity contribution in [2.24, 2.45) is 0 Å². The molecule has 2 aromatic rings. The highest BCUT2D eigenvalue weighted by Crippen LogP contribution is 2.21. The predicted molar refractivity (Wildman–Crippen MR) is 90.6 cm³/mol.